The highest BCUT2D eigenvalue weighted by molar-refractivity contribution is 5.85. The molecule has 0 radical (unpaired) electrons. The summed E-state index contributed by atoms with van der Waals surface area (Å²) in [6.45, 7) is -0.0560. The van der Waals surface area contributed by atoms with Gasteiger partial charge in [-0.2, -0.15) is 0 Å². The number of hydrogen-bond acceptors (Lipinski definition) is 3. The zero-order chi connectivity index (χ0) is 14.2. The minimum absolute atomic E-state index is 0.000517. The maximum Gasteiger partial charge on any atom is 0.318 e. The third-order valence-corrected chi connectivity index (χ3v) is 3.98. The van der Waals surface area contributed by atoms with Crippen molar-refractivity contribution in [2.45, 2.75) is 31.3 Å². The SMILES string of the molecule is CN(C)C(=O)CNC(=O)N1C2CCC1C(C(=O)O)C2. The average molecular weight is 269 g/mol. The number of likely N-dealkylation sites (N-methyl/N-ethyl adjacent to an activating group) is 1. The zero-order valence-electron chi connectivity index (χ0n) is 11.1. The van der Waals surface area contributed by atoms with Crippen LogP contribution in [-0.4, -0.2) is 65.5 Å². The Bertz CT molecular complexity index is 410. The highest BCUT2D eigenvalue weighted by Gasteiger charge is 2.51. The van der Waals surface area contributed by atoms with Crippen molar-refractivity contribution in [1.82, 2.24) is 15.1 Å². The number of nitrogens with one attached hydrogen (secondary N) is 1. The van der Waals surface area contributed by atoms with Crippen LogP contribution in [0.15, 0.2) is 0 Å². The highest BCUT2D eigenvalue weighted by Crippen LogP contribution is 2.41. The van der Waals surface area contributed by atoms with Gasteiger partial charge in [-0.25, -0.2) is 4.79 Å². The van der Waals surface area contributed by atoms with Gasteiger partial charge in [0, 0.05) is 26.2 Å². The van der Waals surface area contributed by atoms with Crippen molar-refractivity contribution in [2.75, 3.05) is 20.6 Å². The molecular weight excluding hydrogens is 250 g/mol. The van der Waals surface area contributed by atoms with Crippen LogP contribution >= 0.6 is 0 Å². The maximum atomic E-state index is 12.1. The molecule has 0 aliphatic carbocycles. The molecule has 3 atom stereocenters. The molecule has 2 rings (SSSR count). The van der Waals surface area contributed by atoms with Gasteiger partial charge in [0.2, 0.25) is 5.91 Å². The lowest BCUT2D eigenvalue weighted by Crippen LogP contribution is -2.47. The number of carboxylic acid groups (broad SMARTS) is 1. The summed E-state index contributed by atoms with van der Waals surface area (Å²) in [7, 11) is 3.24. The number of carbonyl (C=O) groups is 3. The van der Waals surface area contributed by atoms with Gasteiger partial charge in [0.1, 0.15) is 0 Å². The lowest BCUT2D eigenvalue weighted by Gasteiger charge is -2.23. The van der Waals surface area contributed by atoms with Crippen molar-refractivity contribution >= 4 is 17.9 Å². The summed E-state index contributed by atoms with van der Waals surface area (Å²) >= 11 is 0. The Morgan fingerprint density at radius 3 is 2.53 bits per heavy atom. The predicted octanol–water partition coefficient (Wildman–Crippen LogP) is -0.278. The van der Waals surface area contributed by atoms with E-state index in [1.165, 1.54) is 4.90 Å². The number of carboxylic acids is 1. The van der Waals surface area contributed by atoms with Crippen LogP contribution in [0.2, 0.25) is 0 Å². The third-order valence-electron chi connectivity index (χ3n) is 3.98. The van der Waals surface area contributed by atoms with Crippen molar-refractivity contribution in [2.24, 2.45) is 5.92 Å². The summed E-state index contributed by atoms with van der Waals surface area (Å²) in [5.74, 6) is -1.49. The third kappa shape index (κ3) is 2.50. The van der Waals surface area contributed by atoms with Gasteiger partial charge in [-0.05, 0) is 19.3 Å². The lowest BCUT2D eigenvalue weighted by molar-refractivity contribution is -0.142. The number of nitrogens with zero attached hydrogens (tertiary/aromatic N) is 2. The summed E-state index contributed by atoms with van der Waals surface area (Å²) in [4.78, 5) is 37.6. The Morgan fingerprint density at radius 1 is 1.32 bits per heavy atom. The maximum absolute atomic E-state index is 12.1. The van der Waals surface area contributed by atoms with Crippen molar-refractivity contribution in [3.8, 4) is 0 Å². The molecule has 2 heterocycles. The van der Waals surface area contributed by atoms with Gasteiger partial charge in [-0.1, -0.05) is 0 Å². The molecule has 3 unspecified atom stereocenters. The molecular formula is C12H19N3O4. The second-order valence-electron chi connectivity index (χ2n) is 5.33. The molecule has 2 bridgehead atoms. The van der Waals surface area contributed by atoms with Crippen LogP contribution in [0.5, 0.6) is 0 Å². The molecule has 2 fully saturated rings. The zero-order valence-corrected chi connectivity index (χ0v) is 11.1. The molecule has 2 saturated heterocycles. The fourth-order valence-corrected chi connectivity index (χ4v) is 2.97. The smallest absolute Gasteiger partial charge is 0.318 e. The first kappa shape index (κ1) is 13.6. The van der Waals surface area contributed by atoms with Gasteiger partial charge < -0.3 is 20.2 Å². The lowest BCUT2D eigenvalue weighted by atomic mass is 9.89. The van der Waals surface area contributed by atoms with Crippen LogP contribution in [0.1, 0.15) is 19.3 Å². The van der Waals surface area contributed by atoms with Crippen LogP contribution in [0.3, 0.4) is 0 Å². The molecule has 0 aromatic rings. The first-order valence-corrected chi connectivity index (χ1v) is 6.41. The van der Waals surface area contributed by atoms with Crippen LogP contribution < -0.4 is 5.32 Å². The quantitative estimate of drug-likeness (QED) is 0.737. The number of fused-ring (bicyclic) bond motifs is 2. The molecule has 0 spiro atoms. The Balaban J connectivity index is 1.94. The van der Waals surface area contributed by atoms with Crippen molar-refractivity contribution in [3.05, 3.63) is 0 Å². The van der Waals surface area contributed by atoms with E-state index in [2.05, 4.69) is 5.32 Å². The fourth-order valence-electron chi connectivity index (χ4n) is 2.97. The summed E-state index contributed by atoms with van der Waals surface area (Å²) in [5.41, 5.74) is 0. The molecule has 0 saturated carbocycles. The molecule has 7 nitrogen and oxygen atoms in total. The summed E-state index contributed by atoms with van der Waals surface area (Å²) in [6, 6.07) is -0.552. The van der Waals surface area contributed by atoms with Crippen LogP contribution in [0.4, 0.5) is 4.79 Å². The van der Waals surface area contributed by atoms with Gasteiger partial charge in [-0.3, -0.25) is 9.59 Å². The number of amides is 3. The van der Waals surface area contributed by atoms with E-state index >= 15 is 0 Å². The fraction of sp³-hybridized carbons (Fsp3) is 0.750. The molecule has 19 heavy (non-hydrogen) atoms. The molecule has 2 aliphatic heterocycles. The normalized spacial score (nSPS) is 28.3. The monoisotopic (exact) mass is 269 g/mol. The predicted molar refractivity (Wildman–Crippen MR) is 66.5 cm³/mol. The molecule has 0 aromatic carbocycles. The van der Waals surface area contributed by atoms with Crippen molar-refractivity contribution in [1.29, 1.82) is 0 Å². The van der Waals surface area contributed by atoms with E-state index in [-0.39, 0.29) is 30.6 Å². The summed E-state index contributed by atoms with van der Waals surface area (Å²) in [6.07, 6.45) is 2.11. The van der Waals surface area contributed by atoms with Crippen LogP contribution in [0, 0.1) is 5.92 Å². The highest BCUT2D eigenvalue weighted by atomic mass is 16.4. The standard InChI is InChI=1S/C12H19N3O4/c1-14(2)10(16)6-13-12(19)15-7-3-4-9(15)8(5-7)11(17)18/h7-9H,3-6H2,1-2H3,(H,13,19)(H,17,18). The van der Waals surface area contributed by atoms with Gasteiger partial charge in [0.05, 0.1) is 12.5 Å². The van der Waals surface area contributed by atoms with Crippen LogP contribution in [-0.2, 0) is 9.59 Å². The van der Waals surface area contributed by atoms with E-state index in [9.17, 15) is 14.4 Å². The van der Waals surface area contributed by atoms with Gasteiger partial charge in [-0.15, -0.1) is 0 Å². The van der Waals surface area contributed by atoms with Crippen LogP contribution in [0.25, 0.3) is 0 Å². The summed E-state index contributed by atoms with van der Waals surface area (Å²) < 4.78 is 0. The number of aliphatic carboxylic acids is 1. The summed E-state index contributed by atoms with van der Waals surface area (Å²) in [5, 5.41) is 11.7. The minimum atomic E-state index is -0.839. The number of urea groups is 1. The molecule has 3 amide bonds. The van der Waals surface area contributed by atoms with E-state index in [4.69, 9.17) is 5.11 Å². The number of rotatable bonds is 3. The Morgan fingerprint density at radius 2 is 2.00 bits per heavy atom. The molecule has 0 aromatic heterocycles. The largest absolute Gasteiger partial charge is 0.481 e. The first-order valence-electron chi connectivity index (χ1n) is 6.41. The van der Waals surface area contributed by atoms with E-state index in [0.717, 1.165) is 12.8 Å². The topological polar surface area (TPSA) is 90.0 Å². The first-order chi connectivity index (χ1) is 8.91. The number of hydrogen-bond donors (Lipinski definition) is 2. The van der Waals surface area contributed by atoms with Gasteiger partial charge >= 0.3 is 12.0 Å². The molecule has 7 heteroatoms. The molecule has 2 N–H and O–H groups in total. The Kier molecular flexibility index (Phi) is 3.64. The molecule has 106 valence electrons. The second-order valence-corrected chi connectivity index (χ2v) is 5.33. The van der Waals surface area contributed by atoms with Gasteiger partial charge in [0.25, 0.3) is 0 Å². The van der Waals surface area contributed by atoms with Crippen molar-refractivity contribution < 1.29 is 19.5 Å². The number of carbonyl (C=O) groups excluding carboxylic acids is 2. The van der Waals surface area contributed by atoms with Crippen molar-refractivity contribution in [3.63, 3.8) is 0 Å². The van der Waals surface area contributed by atoms with E-state index < -0.39 is 11.9 Å². The van der Waals surface area contributed by atoms with E-state index in [1.807, 2.05) is 0 Å². The second kappa shape index (κ2) is 5.07. The molecule has 2 aliphatic rings. The Hall–Kier alpha value is -1.79. The van der Waals surface area contributed by atoms with E-state index in [1.54, 1.807) is 19.0 Å². The van der Waals surface area contributed by atoms with Gasteiger partial charge in [0.15, 0.2) is 0 Å². The minimum Gasteiger partial charge on any atom is -0.481 e. The Labute approximate surface area is 111 Å². The van der Waals surface area contributed by atoms with E-state index in [0.29, 0.717) is 6.42 Å². The average Bonchev–Trinajstić information content (AvgIpc) is 2.92.